The average molecular weight is 447 g/mol. The third-order valence-electron chi connectivity index (χ3n) is 4.90. The van der Waals surface area contributed by atoms with Gasteiger partial charge >= 0.3 is 5.97 Å². The number of methoxy groups -OCH3 is 1. The minimum absolute atomic E-state index is 0.121. The summed E-state index contributed by atoms with van der Waals surface area (Å²) in [5, 5.41) is 3.12. The molecule has 9 heteroatoms. The molecule has 1 fully saturated rings. The molecule has 1 aliphatic rings. The fourth-order valence-electron chi connectivity index (χ4n) is 3.26. The first-order valence-electron chi connectivity index (χ1n) is 10.0. The molecule has 1 aliphatic heterocycles. The summed E-state index contributed by atoms with van der Waals surface area (Å²) in [6.07, 6.45) is 0.121. The van der Waals surface area contributed by atoms with Crippen LogP contribution in [0, 0.1) is 6.92 Å². The Morgan fingerprint density at radius 3 is 2.45 bits per heavy atom. The second-order valence-electron chi connectivity index (χ2n) is 6.96. The van der Waals surface area contributed by atoms with Crippen LogP contribution in [0.5, 0.6) is 5.75 Å². The van der Waals surface area contributed by atoms with E-state index >= 15 is 0 Å². The quantitative estimate of drug-likeness (QED) is 0.658. The fraction of sp³-hybridized carbons (Fsp3) is 0.409. The highest BCUT2D eigenvalue weighted by molar-refractivity contribution is 7.18. The van der Waals surface area contributed by atoms with Crippen LogP contribution in [-0.4, -0.2) is 62.7 Å². The smallest absolute Gasteiger partial charge is 0.341 e. The number of nitrogens with one attached hydrogen (secondary N) is 1. The van der Waals surface area contributed by atoms with E-state index in [0.717, 1.165) is 16.9 Å². The van der Waals surface area contributed by atoms with Gasteiger partial charge in [0.1, 0.15) is 10.8 Å². The summed E-state index contributed by atoms with van der Waals surface area (Å²) in [6.45, 7) is 5.55. The molecule has 166 valence electrons. The van der Waals surface area contributed by atoms with Gasteiger partial charge in [-0.3, -0.25) is 9.59 Å². The van der Waals surface area contributed by atoms with Gasteiger partial charge in [0.05, 0.1) is 43.8 Å². The summed E-state index contributed by atoms with van der Waals surface area (Å²) in [6, 6.07) is 7.16. The van der Waals surface area contributed by atoms with Crippen LogP contribution in [0.25, 0.3) is 0 Å². The van der Waals surface area contributed by atoms with Gasteiger partial charge in [0, 0.05) is 13.1 Å². The van der Waals surface area contributed by atoms with Crippen LogP contribution < -0.4 is 10.1 Å². The van der Waals surface area contributed by atoms with E-state index in [2.05, 4.69) is 5.32 Å². The Balaban J connectivity index is 1.83. The van der Waals surface area contributed by atoms with E-state index in [1.165, 1.54) is 0 Å². The molecule has 0 unspecified atom stereocenters. The van der Waals surface area contributed by atoms with Gasteiger partial charge in [0.15, 0.2) is 0 Å². The number of hydrogen-bond donors (Lipinski definition) is 1. The topological polar surface area (TPSA) is 94.2 Å². The van der Waals surface area contributed by atoms with Crippen LogP contribution in [-0.2, 0) is 20.7 Å². The molecule has 31 heavy (non-hydrogen) atoms. The zero-order valence-corrected chi connectivity index (χ0v) is 18.7. The van der Waals surface area contributed by atoms with Crippen molar-refractivity contribution in [3.8, 4) is 5.75 Å². The van der Waals surface area contributed by atoms with Gasteiger partial charge in [-0.05, 0) is 37.1 Å². The number of esters is 1. The van der Waals surface area contributed by atoms with Crippen molar-refractivity contribution in [2.24, 2.45) is 0 Å². The Kier molecular flexibility index (Phi) is 7.64. The molecule has 8 nitrogen and oxygen atoms in total. The van der Waals surface area contributed by atoms with E-state index in [-0.39, 0.29) is 30.4 Å². The number of amides is 2. The molecule has 0 aliphatic carbocycles. The maximum atomic E-state index is 13.0. The number of carbonyl (C=O) groups is 3. The summed E-state index contributed by atoms with van der Waals surface area (Å²) < 4.78 is 15.6. The van der Waals surface area contributed by atoms with E-state index in [1.807, 2.05) is 0 Å². The number of morpholine rings is 1. The highest BCUT2D eigenvalue weighted by Crippen LogP contribution is 2.35. The van der Waals surface area contributed by atoms with Crippen LogP contribution in [0.15, 0.2) is 24.3 Å². The molecule has 1 aromatic heterocycles. The standard InChI is InChI=1S/C22H26N2O6S/c1-4-30-22(27)18-14(2)19(21(26)24-9-11-29-12-10-24)31-20(18)23-17(25)13-15-5-7-16(28-3)8-6-15/h5-8H,4,9-13H2,1-3H3,(H,23,25). The molecule has 2 aromatic rings. The van der Waals surface area contributed by atoms with Crippen LogP contribution >= 0.6 is 11.3 Å². The molecule has 0 spiro atoms. The molecule has 3 rings (SSSR count). The molecule has 2 amide bonds. The molecule has 2 heterocycles. The number of benzene rings is 1. The van der Waals surface area contributed by atoms with Gasteiger partial charge in [0.25, 0.3) is 5.91 Å². The Hall–Kier alpha value is -2.91. The van der Waals surface area contributed by atoms with E-state index in [9.17, 15) is 14.4 Å². The van der Waals surface area contributed by atoms with Crippen LogP contribution in [0.3, 0.4) is 0 Å². The molecular formula is C22H26N2O6S. The first-order valence-corrected chi connectivity index (χ1v) is 10.9. The van der Waals surface area contributed by atoms with Gasteiger partial charge in [-0.25, -0.2) is 4.79 Å². The maximum absolute atomic E-state index is 13.0. The third kappa shape index (κ3) is 5.42. The predicted molar refractivity (Wildman–Crippen MR) is 117 cm³/mol. The minimum atomic E-state index is -0.558. The Morgan fingerprint density at radius 1 is 1.16 bits per heavy atom. The number of carbonyl (C=O) groups excluding carboxylic acids is 3. The van der Waals surface area contributed by atoms with Crippen molar-refractivity contribution < 1.29 is 28.6 Å². The molecule has 0 bridgehead atoms. The lowest BCUT2D eigenvalue weighted by molar-refractivity contribution is -0.115. The molecule has 1 N–H and O–H groups in total. The second-order valence-corrected chi connectivity index (χ2v) is 7.98. The van der Waals surface area contributed by atoms with Gasteiger partial charge in [-0.15, -0.1) is 11.3 Å². The zero-order chi connectivity index (χ0) is 22.4. The largest absolute Gasteiger partial charge is 0.497 e. The first-order chi connectivity index (χ1) is 14.9. The Labute approximate surface area is 185 Å². The summed E-state index contributed by atoms with van der Waals surface area (Å²) in [7, 11) is 1.58. The van der Waals surface area contributed by atoms with Gasteiger partial charge in [0.2, 0.25) is 5.91 Å². The van der Waals surface area contributed by atoms with Crippen molar-refractivity contribution in [3.05, 3.63) is 45.8 Å². The third-order valence-corrected chi connectivity index (χ3v) is 6.09. The first kappa shape index (κ1) is 22.8. The number of thiophene rings is 1. The monoisotopic (exact) mass is 446 g/mol. The summed E-state index contributed by atoms with van der Waals surface area (Å²) in [5.74, 6) is -0.319. The van der Waals surface area contributed by atoms with E-state index < -0.39 is 5.97 Å². The Morgan fingerprint density at radius 2 is 1.84 bits per heavy atom. The van der Waals surface area contributed by atoms with Crippen molar-refractivity contribution in [1.29, 1.82) is 0 Å². The van der Waals surface area contributed by atoms with Crippen molar-refractivity contribution in [1.82, 2.24) is 4.90 Å². The molecule has 1 aromatic carbocycles. The normalized spacial score (nSPS) is 13.6. The lowest BCUT2D eigenvalue weighted by atomic mass is 10.1. The van der Waals surface area contributed by atoms with Crippen molar-refractivity contribution >= 4 is 34.1 Å². The number of rotatable bonds is 7. The SMILES string of the molecule is CCOC(=O)c1c(NC(=O)Cc2ccc(OC)cc2)sc(C(=O)N2CCOCC2)c1C. The van der Waals surface area contributed by atoms with E-state index in [4.69, 9.17) is 14.2 Å². The average Bonchev–Trinajstić information content (AvgIpc) is 3.10. The van der Waals surface area contributed by atoms with Gasteiger partial charge < -0.3 is 24.4 Å². The lowest BCUT2D eigenvalue weighted by Gasteiger charge is -2.26. The van der Waals surface area contributed by atoms with Crippen LogP contribution in [0.1, 0.15) is 38.1 Å². The van der Waals surface area contributed by atoms with Crippen molar-refractivity contribution in [2.75, 3.05) is 45.3 Å². The van der Waals surface area contributed by atoms with Crippen LogP contribution in [0.4, 0.5) is 5.00 Å². The van der Waals surface area contributed by atoms with Gasteiger partial charge in [-0.1, -0.05) is 12.1 Å². The maximum Gasteiger partial charge on any atom is 0.341 e. The fourth-order valence-corrected chi connectivity index (χ4v) is 4.44. The molecule has 1 saturated heterocycles. The molecule has 0 atom stereocenters. The highest BCUT2D eigenvalue weighted by Gasteiger charge is 2.29. The predicted octanol–water partition coefficient (Wildman–Crippen LogP) is 2.90. The summed E-state index contributed by atoms with van der Waals surface area (Å²) in [5.41, 5.74) is 1.54. The van der Waals surface area contributed by atoms with Gasteiger partial charge in [-0.2, -0.15) is 0 Å². The number of hydrogen-bond acceptors (Lipinski definition) is 7. The molecular weight excluding hydrogens is 420 g/mol. The summed E-state index contributed by atoms with van der Waals surface area (Å²) >= 11 is 1.10. The molecule has 0 saturated carbocycles. The Bertz CT molecular complexity index is 948. The zero-order valence-electron chi connectivity index (χ0n) is 17.9. The van der Waals surface area contributed by atoms with E-state index in [1.54, 1.807) is 50.1 Å². The lowest BCUT2D eigenvalue weighted by Crippen LogP contribution is -2.40. The van der Waals surface area contributed by atoms with Crippen molar-refractivity contribution in [2.45, 2.75) is 20.3 Å². The highest BCUT2D eigenvalue weighted by atomic mass is 32.1. The van der Waals surface area contributed by atoms with E-state index in [0.29, 0.717) is 47.5 Å². The number of anilines is 1. The van der Waals surface area contributed by atoms with Crippen LogP contribution in [0.2, 0.25) is 0 Å². The molecule has 0 radical (unpaired) electrons. The second kappa shape index (κ2) is 10.4. The summed E-state index contributed by atoms with van der Waals surface area (Å²) in [4.78, 5) is 40.4. The minimum Gasteiger partial charge on any atom is -0.497 e. The number of ether oxygens (including phenoxy) is 3. The van der Waals surface area contributed by atoms with Crippen molar-refractivity contribution in [3.63, 3.8) is 0 Å². The number of nitrogens with zero attached hydrogens (tertiary/aromatic N) is 1.